The van der Waals surface area contributed by atoms with Crippen molar-refractivity contribution >= 4 is 0 Å². The molecular weight excluding hydrogens is 172 g/mol. The lowest BCUT2D eigenvalue weighted by Gasteiger charge is -2.19. The summed E-state index contributed by atoms with van der Waals surface area (Å²) in [4.78, 5) is 0. The van der Waals surface area contributed by atoms with Crippen LogP contribution >= 0.6 is 0 Å². The molecule has 86 valence electrons. The minimum absolute atomic E-state index is 0.0637. The second-order valence-corrected chi connectivity index (χ2v) is 4.35. The highest BCUT2D eigenvalue weighted by molar-refractivity contribution is 4.66. The molecule has 1 N–H and O–H groups in total. The Labute approximate surface area is 89.9 Å². The van der Waals surface area contributed by atoms with Gasteiger partial charge in [0, 0.05) is 0 Å². The molecule has 2 unspecified atom stereocenters. The SMILES string of the molecule is CCCCCCCC(CC)C(O)CC. The zero-order valence-corrected chi connectivity index (χ0v) is 10.3. The molecule has 0 amide bonds. The second-order valence-electron chi connectivity index (χ2n) is 4.35. The van der Waals surface area contributed by atoms with E-state index in [2.05, 4.69) is 20.8 Å². The van der Waals surface area contributed by atoms with E-state index in [1.807, 2.05) is 0 Å². The normalized spacial score (nSPS) is 15.4. The van der Waals surface area contributed by atoms with E-state index in [9.17, 15) is 5.11 Å². The van der Waals surface area contributed by atoms with Crippen LogP contribution in [0.5, 0.6) is 0 Å². The predicted octanol–water partition coefficient (Wildman–Crippen LogP) is 4.14. The van der Waals surface area contributed by atoms with Gasteiger partial charge in [0.15, 0.2) is 0 Å². The van der Waals surface area contributed by atoms with E-state index in [-0.39, 0.29) is 6.10 Å². The van der Waals surface area contributed by atoms with Crippen molar-refractivity contribution in [3.63, 3.8) is 0 Å². The van der Waals surface area contributed by atoms with Gasteiger partial charge in [-0.1, -0.05) is 59.3 Å². The van der Waals surface area contributed by atoms with E-state index in [1.54, 1.807) is 0 Å². The van der Waals surface area contributed by atoms with E-state index in [0.29, 0.717) is 5.92 Å². The third-order valence-electron chi connectivity index (χ3n) is 3.17. The van der Waals surface area contributed by atoms with Crippen LogP contribution in [0, 0.1) is 5.92 Å². The van der Waals surface area contributed by atoms with E-state index >= 15 is 0 Å². The lowest BCUT2D eigenvalue weighted by atomic mass is 9.91. The van der Waals surface area contributed by atoms with Gasteiger partial charge in [0.2, 0.25) is 0 Å². The molecule has 0 bridgehead atoms. The topological polar surface area (TPSA) is 20.2 Å². The van der Waals surface area contributed by atoms with Crippen molar-refractivity contribution in [3.05, 3.63) is 0 Å². The first-order valence-electron chi connectivity index (χ1n) is 6.44. The van der Waals surface area contributed by atoms with Gasteiger partial charge in [-0.05, 0) is 18.8 Å². The van der Waals surface area contributed by atoms with Gasteiger partial charge in [-0.3, -0.25) is 0 Å². The monoisotopic (exact) mass is 200 g/mol. The molecule has 14 heavy (non-hydrogen) atoms. The van der Waals surface area contributed by atoms with Crippen LogP contribution in [0.3, 0.4) is 0 Å². The van der Waals surface area contributed by atoms with Crippen LogP contribution in [-0.2, 0) is 0 Å². The Morgan fingerprint density at radius 1 is 0.857 bits per heavy atom. The number of hydrogen-bond donors (Lipinski definition) is 1. The maximum absolute atomic E-state index is 9.72. The first-order valence-corrected chi connectivity index (χ1v) is 6.44. The van der Waals surface area contributed by atoms with Gasteiger partial charge in [0.05, 0.1) is 6.10 Å². The maximum Gasteiger partial charge on any atom is 0.0565 e. The van der Waals surface area contributed by atoms with Crippen LogP contribution in [-0.4, -0.2) is 11.2 Å². The minimum Gasteiger partial charge on any atom is -0.393 e. The maximum atomic E-state index is 9.72. The average molecular weight is 200 g/mol. The van der Waals surface area contributed by atoms with Gasteiger partial charge in [-0.15, -0.1) is 0 Å². The predicted molar refractivity (Wildman–Crippen MR) is 63.5 cm³/mol. The summed E-state index contributed by atoms with van der Waals surface area (Å²) in [6.07, 6.45) is 9.89. The quantitative estimate of drug-likeness (QED) is 0.554. The van der Waals surface area contributed by atoms with Gasteiger partial charge in [0.1, 0.15) is 0 Å². The smallest absolute Gasteiger partial charge is 0.0565 e. The Balaban J connectivity index is 3.42. The van der Waals surface area contributed by atoms with Gasteiger partial charge >= 0.3 is 0 Å². The molecule has 0 aliphatic rings. The molecule has 0 saturated carbocycles. The summed E-state index contributed by atoms with van der Waals surface area (Å²) in [5, 5.41) is 9.72. The van der Waals surface area contributed by atoms with Crippen LogP contribution in [0.4, 0.5) is 0 Å². The third-order valence-corrected chi connectivity index (χ3v) is 3.17. The molecule has 0 aromatic carbocycles. The Morgan fingerprint density at radius 3 is 2.00 bits per heavy atom. The molecule has 0 aliphatic heterocycles. The van der Waals surface area contributed by atoms with Crippen molar-refractivity contribution in [2.45, 2.75) is 78.2 Å². The zero-order chi connectivity index (χ0) is 10.8. The summed E-state index contributed by atoms with van der Waals surface area (Å²) in [6.45, 7) is 6.51. The zero-order valence-electron chi connectivity index (χ0n) is 10.3. The molecule has 0 spiro atoms. The van der Waals surface area contributed by atoms with Crippen LogP contribution < -0.4 is 0 Å². The summed E-state index contributed by atoms with van der Waals surface area (Å²) in [7, 11) is 0. The molecule has 0 aliphatic carbocycles. The first-order chi connectivity index (χ1) is 6.76. The summed E-state index contributed by atoms with van der Waals surface area (Å²) < 4.78 is 0. The van der Waals surface area contributed by atoms with Crippen molar-refractivity contribution in [1.82, 2.24) is 0 Å². The molecule has 2 atom stereocenters. The molecule has 0 heterocycles. The summed E-state index contributed by atoms with van der Waals surface area (Å²) in [6, 6.07) is 0. The fourth-order valence-electron chi connectivity index (χ4n) is 2.01. The van der Waals surface area contributed by atoms with E-state index in [4.69, 9.17) is 0 Å². The average Bonchev–Trinajstić information content (AvgIpc) is 2.22. The summed E-state index contributed by atoms with van der Waals surface area (Å²) >= 11 is 0. The van der Waals surface area contributed by atoms with E-state index in [0.717, 1.165) is 12.8 Å². The Kier molecular flexibility index (Phi) is 9.49. The van der Waals surface area contributed by atoms with Crippen molar-refractivity contribution < 1.29 is 5.11 Å². The van der Waals surface area contributed by atoms with Crippen LogP contribution in [0.15, 0.2) is 0 Å². The van der Waals surface area contributed by atoms with Crippen LogP contribution in [0.1, 0.15) is 72.1 Å². The van der Waals surface area contributed by atoms with Crippen molar-refractivity contribution in [3.8, 4) is 0 Å². The molecule has 0 rings (SSSR count). The number of unbranched alkanes of at least 4 members (excludes halogenated alkanes) is 4. The van der Waals surface area contributed by atoms with Gasteiger partial charge in [0.25, 0.3) is 0 Å². The highest BCUT2D eigenvalue weighted by Crippen LogP contribution is 2.19. The molecule has 0 aromatic heterocycles. The summed E-state index contributed by atoms with van der Waals surface area (Å²) in [5.41, 5.74) is 0. The largest absolute Gasteiger partial charge is 0.393 e. The lowest BCUT2D eigenvalue weighted by Crippen LogP contribution is -2.18. The van der Waals surface area contributed by atoms with Crippen LogP contribution in [0.25, 0.3) is 0 Å². The third kappa shape index (κ3) is 6.42. The number of rotatable bonds is 9. The Morgan fingerprint density at radius 2 is 1.50 bits per heavy atom. The van der Waals surface area contributed by atoms with E-state index in [1.165, 1.54) is 38.5 Å². The van der Waals surface area contributed by atoms with Crippen molar-refractivity contribution in [1.29, 1.82) is 0 Å². The molecule has 1 nitrogen and oxygen atoms in total. The fourth-order valence-corrected chi connectivity index (χ4v) is 2.01. The first kappa shape index (κ1) is 14.0. The van der Waals surface area contributed by atoms with E-state index < -0.39 is 0 Å². The fraction of sp³-hybridized carbons (Fsp3) is 1.00. The van der Waals surface area contributed by atoms with Gasteiger partial charge < -0.3 is 5.11 Å². The molecule has 1 heteroatoms. The van der Waals surface area contributed by atoms with Crippen LogP contribution in [0.2, 0.25) is 0 Å². The second kappa shape index (κ2) is 9.51. The molecule has 0 radical (unpaired) electrons. The Hall–Kier alpha value is -0.0400. The highest BCUT2D eigenvalue weighted by Gasteiger charge is 2.14. The molecule has 0 fully saturated rings. The number of hydrogen-bond acceptors (Lipinski definition) is 1. The Bertz CT molecular complexity index is 112. The van der Waals surface area contributed by atoms with Gasteiger partial charge in [-0.2, -0.15) is 0 Å². The lowest BCUT2D eigenvalue weighted by molar-refractivity contribution is 0.0946. The van der Waals surface area contributed by atoms with Gasteiger partial charge in [-0.25, -0.2) is 0 Å². The van der Waals surface area contributed by atoms with Crippen molar-refractivity contribution in [2.24, 2.45) is 5.92 Å². The summed E-state index contributed by atoms with van der Waals surface area (Å²) in [5.74, 6) is 0.543. The van der Waals surface area contributed by atoms with Crippen molar-refractivity contribution in [2.75, 3.05) is 0 Å². The molecular formula is C13H28O. The number of aliphatic hydroxyl groups is 1. The molecule has 0 saturated heterocycles. The highest BCUT2D eigenvalue weighted by atomic mass is 16.3. The minimum atomic E-state index is -0.0637. The standard InChI is InChI=1S/C13H28O/c1-4-7-8-9-10-11-12(5-2)13(14)6-3/h12-14H,4-11H2,1-3H3. The number of aliphatic hydroxyl groups excluding tert-OH is 1. The molecule has 0 aromatic rings.